The molecule has 0 fully saturated rings. The van der Waals surface area contributed by atoms with Crippen LogP contribution in [0, 0.1) is 17.5 Å². The molecule has 0 bridgehead atoms. The molecule has 0 saturated carbocycles. The predicted octanol–water partition coefficient (Wildman–Crippen LogP) is 2.46. The van der Waals surface area contributed by atoms with Crippen LogP contribution in [0.2, 0.25) is 0 Å². The molecule has 3 N–H and O–H groups in total. The van der Waals surface area contributed by atoms with Crippen LogP contribution >= 0.6 is 0 Å². The number of rotatable bonds is 8. The summed E-state index contributed by atoms with van der Waals surface area (Å²) in [6, 6.07) is 7.59. The van der Waals surface area contributed by atoms with Gasteiger partial charge >= 0.3 is 0 Å². The van der Waals surface area contributed by atoms with Crippen molar-refractivity contribution < 1.29 is 27.7 Å². The van der Waals surface area contributed by atoms with Crippen LogP contribution in [0.1, 0.15) is 30.9 Å². The lowest BCUT2D eigenvalue weighted by molar-refractivity contribution is -0.883. The predicted molar refractivity (Wildman–Crippen MR) is 108 cm³/mol. The molecule has 1 unspecified atom stereocenters. The van der Waals surface area contributed by atoms with Crippen LogP contribution < -0.4 is 15.5 Å². The van der Waals surface area contributed by atoms with Crippen LogP contribution in [0.5, 0.6) is 0 Å². The van der Waals surface area contributed by atoms with E-state index in [2.05, 4.69) is 10.6 Å². The highest BCUT2D eigenvalue weighted by Crippen LogP contribution is 2.24. The second kappa shape index (κ2) is 9.75. The topological polar surface area (TPSA) is 62.6 Å². The van der Waals surface area contributed by atoms with Gasteiger partial charge in [0.05, 0.1) is 12.2 Å². The van der Waals surface area contributed by atoms with Gasteiger partial charge < -0.3 is 15.5 Å². The van der Waals surface area contributed by atoms with Crippen molar-refractivity contribution in [2.24, 2.45) is 0 Å². The van der Waals surface area contributed by atoms with Gasteiger partial charge in [-0.2, -0.15) is 0 Å². The quantitative estimate of drug-likeness (QED) is 0.575. The minimum absolute atomic E-state index is 0.0542. The third-order valence-corrected chi connectivity index (χ3v) is 5.12. The van der Waals surface area contributed by atoms with Gasteiger partial charge in [0.25, 0.3) is 11.8 Å². The minimum atomic E-state index is -1.64. The summed E-state index contributed by atoms with van der Waals surface area (Å²) in [5.74, 6) is -5.24. The molecule has 1 atom stereocenters. The summed E-state index contributed by atoms with van der Waals surface area (Å²) in [4.78, 5) is 25.4. The van der Waals surface area contributed by atoms with Crippen LogP contribution in [0.3, 0.4) is 0 Å². The summed E-state index contributed by atoms with van der Waals surface area (Å²) < 4.78 is 40.1. The third kappa shape index (κ3) is 5.38. The highest BCUT2D eigenvalue weighted by Gasteiger charge is 2.21. The molecule has 5 nitrogen and oxygen atoms in total. The first-order valence-electron chi connectivity index (χ1n) is 10.1. The van der Waals surface area contributed by atoms with E-state index >= 15 is 0 Å². The molecule has 3 rings (SSSR count). The minimum Gasteiger partial charge on any atom is -0.321 e. The number of anilines is 2. The first-order valence-corrected chi connectivity index (χ1v) is 10.1. The summed E-state index contributed by atoms with van der Waals surface area (Å²) in [6.07, 6.45) is 3.92. The molecule has 2 amide bonds. The average Bonchev–Trinajstić information content (AvgIpc) is 3.16. The van der Waals surface area contributed by atoms with Gasteiger partial charge in [-0.05, 0) is 61.1 Å². The van der Waals surface area contributed by atoms with E-state index in [0.29, 0.717) is 11.4 Å². The molecule has 1 aliphatic rings. The van der Waals surface area contributed by atoms with Crippen molar-refractivity contribution in [3.8, 4) is 0 Å². The van der Waals surface area contributed by atoms with Crippen LogP contribution in [0.4, 0.5) is 24.5 Å². The van der Waals surface area contributed by atoms with E-state index in [1.165, 1.54) is 11.1 Å². The molecular weight excluding hydrogens is 395 g/mol. The first-order chi connectivity index (χ1) is 14.4. The Balaban J connectivity index is 1.58. The highest BCUT2D eigenvalue weighted by molar-refractivity contribution is 5.93. The van der Waals surface area contributed by atoms with Gasteiger partial charge in [0.15, 0.2) is 30.5 Å². The molecule has 30 heavy (non-hydrogen) atoms. The number of quaternary nitrogens is 1. The van der Waals surface area contributed by atoms with Gasteiger partial charge in [-0.15, -0.1) is 0 Å². The Hall–Kier alpha value is -2.87. The summed E-state index contributed by atoms with van der Waals surface area (Å²) in [6.45, 7) is 2.42. The van der Waals surface area contributed by atoms with Crippen LogP contribution in [0.25, 0.3) is 0 Å². The Morgan fingerprint density at radius 1 is 0.933 bits per heavy atom. The highest BCUT2D eigenvalue weighted by atomic mass is 19.2. The van der Waals surface area contributed by atoms with Crippen LogP contribution in [-0.4, -0.2) is 31.4 Å². The van der Waals surface area contributed by atoms with E-state index in [9.17, 15) is 22.8 Å². The average molecular weight is 420 g/mol. The number of hydrogen-bond donors (Lipinski definition) is 3. The van der Waals surface area contributed by atoms with E-state index in [-0.39, 0.29) is 19.0 Å². The summed E-state index contributed by atoms with van der Waals surface area (Å²) in [5, 5.41) is 5.11. The molecule has 0 spiro atoms. The molecule has 0 heterocycles. The zero-order valence-corrected chi connectivity index (χ0v) is 16.8. The smallest absolute Gasteiger partial charge is 0.279 e. The number of fused-ring (bicyclic) bond motifs is 1. The second-order valence-electron chi connectivity index (χ2n) is 7.51. The summed E-state index contributed by atoms with van der Waals surface area (Å²) >= 11 is 0. The van der Waals surface area contributed by atoms with Crippen molar-refractivity contribution >= 4 is 23.2 Å². The molecule has 0 aromatic heterocycles. The maximum Gasteiger partial charge on any atom is 0.279 e. The second-order valence-corrected chi connectivity index (χ2v) is 7.51. The number of hydrogen-bond acceptors (Lipinski definition) is 2. The van der Waals surface area contributed by atoms with E-state index in [4.69, 9.17) is 0 Å². The Labute approximate surface area is 173 Å². The fourth-order valence-electron chi connectivity index (χ4n) is 3.72. The van der Waals surface area contributed by atoms with Gasteiger partial charge in [-0.1, -0.05) is 13.0 Å². The molecule has 8 heteroatoms. The van der Waals surface area contributed by atoms with Crippen molar-refractivity contribution in [2.45, 2.75) is 32.6 Å². The SMILES string of the molecule is CCC[NH+](CC(=O)Nc1ccc2c(c1)CCC2)CC(=O)Nc1ccc(F)c(F)c1F. The monoisotopic (exact) mass is 420 g/mol. The maximum atomic E-state index is 13.8. The van der Waals surface area contributed by atoms with Crippen molar-refractivity contribution in [2.75, 3.05) is 30.3 Å². The molecule has 0 aliphatic heterocycles. The molecule has 1 aliphatic carbocycles. The van der Waals surface area contributed by atoms with E-state index in [0.717, 1.165) is 43.5 Å². The fraction of sp³-hybridized carbons (Fsp3) is 0.364. The maximum absolute atomic E-state index is 13.8. The van der Waals surface area contributed by atoms with E-state index in [1.54, 1.807) is 0 Å². The molecular formula is C22H25F3N3O2+. The first kappa shape index (κ1) is 21.8. The molecule has 0 radical (unpaired) electrons. The van der Waals surface area contributed by atoms with Crippen LogP contribution in [0.15, 0.2) is 30.3 Å². The van der Waals surface area contributed by atoms with Crippen molar-refractivity contribution in [1.29, 1.82) is 0 Å². The molecule has 0 saturated heterocycles. The Kier molecular flexibility index (Phi) is 7.10. The Morgan fingerprint density at radius 2 is 1.63 bits per heavy atom. The molecule has 160 valence electrons. The molecule has 2 aromatic carbocycles. The van der Waals surface area contributed by atoms with Gasteiger partial charge in [0.1, 0.15) is 0 Å². The van der Waals surface area contributed by atoms with E-state index < -0.39 is 29.0 Å². The number of carbonyl (C=O) groups excluding carboxylic acids is 2. The van der Waals surface area contributed by atoms with Crippen molar-refractivity contribution in [3.05, 3.63) is 58.9 Å². The van der Waals surface area contributed by atoms with Crippen molar-refractivity contribution in [3.63, 3.8) is 0 Å². The summed E-state index contributed by atoms with van der Waals surface area (Å²) in [7, 11) is 0. The zero-order chi connectivity index (χ0) is 21.7. The summed E-state index contributed by atoms with van der Waals surface area (Å²) in [5.41, 5.74) is 2.85. The van der Waals surface area contributed by atoms with Gasteiger partial charge in [0.2, 0.25) is 0 Å². The number of aryl methyl sites for hydroxylation is 2. The van der Waals surface area contributed by atoms with Gasteiger partial charge in [0, 0.05) is 5.69 Å². The number of amides is 2. The largest absolute Gasteiger partial charge is 0.321 e. The van der Waals surface area contributed by atoms with Crippen LogP contribution in [-0.2, 0) is 22.4 Å². The zero-order valence-electron chi connectivity index (χ0n) is 16.8. The lowest BCUT2D eigenvalue weighted by atomic mass is 10.1. The number of nitrogens with one attached hydrogen (secondary N) is 3. The Morgan fingerprint density at radius 3 is 2.37 bits per heavy atom. The standard InChI is InChI=1S/C22H24F3N3O2/c1-2-10-28(13-20(30)27-18-9-8-17(23)21(24)22(18)25)12-19(29)26-16-7-6-14-4-3-5-15(14)11-16/h6-9,11H,2-5,10,12-13H2,1H3,(H,26,29)(H,27,30)/p+1. The van der Waals surface area contributed by atoms with E-state index in [1.807, 2.05) is 25.1 Å². The van der Waals surface area contributed by atoms with Gasteiger partial charge in [-0.3, -0.25) is 9.59 Å². The molecule has 2 aromatic rings. The normalized spacial score (nSPS) is 13.6. The number of carbonyl (C=O) groups is 2. The lowest BCUT2D eigenvalue weighted by Crippen LogP contribution is -3.14. The van der Waals surface area contributed by atoms with Gasteiger partial charge in [-0.25, -0.2) is 13.2 Å². The third-order valence-electron chi connectivity index (χ3n) is 5.12. The van der Waals surface area contributed by atoms with Crippen molar-refractivity contribution in [1.82, 2.24) is 0 Å². The number of benzene rings is 2. The fourth-order valence-corrected chi connectivity index (χ4v) is 3.72. The lowest BCUT2D eigenvalue weighted by Gasteiger charge is -2.18. The Bertz CT molecular complexity index is 949. The number of halogens is 3.